The highest BCUT2D eigenvalue weighted by Gasteiger charge is 2.36. The standard InChI is InChI=1S/C22H24N2O3/c1-4-15-9-11-16(12-10-15)20(14(2)3)23-19(25)13-24-21(26)17-7-5-6-8-18(17)22(24)27/h5-12,14,20H,4,13H2,1-3H3,(H,23,25)/t20-/m1/s1. The molecule has 3 rings (SSSR count). The SMILES string of the molecule is CCc1ccc([C@H](NC(=O)CN2C(=O)c3ccccc3C2=O)C(C)C)cc1. The summed E-state index contributed by atoms with van der Waals surface area (Å²) in [5, 5.41) is 2.98. The van der Waals surface area contributed by atoms with Gasteiger partial charge in [0.15, 0.2) is 0 Å². The molecule has 1 N–H and O–H groups in total. The normalized spacial score (nSPS) is 14.4. The summed E-state index contributed by atoms with van der Waals surface area (Å²) in [6.45, 7) is 5.88. The third-order valence-corrected chi connectivity index (χ3v) is 4.91. The molecule has 0 unspecified atom stereocenters. The number of imide groups is 1. The van der Waals surface area contributed by atoms with Crippen LogP contribution in [0.2, 0.25) is 0 Å². The number of aryl methyl sites for hydroxylation is 1. The second-order valence-electron chi connectivity index (χ2n) is 7.13. The van der Waals surface area contributed by atoms with Gasteiger partial charge in [0.05, 0.1) is 17.2 Å². The van der Waals surface area contributed by atoms with Crippen molar-refractivity contribution >= 4 is 17.7 Å². The Morgan fingerprint density at radius 2 is 1.52 bits per heavy atom. The Labute approximate surface area is 159 Å². The first kappa shape index (κ1) is 18.8. The van der Waals surface area contributed by atoms with Crippen molar-refractivity contribution in [1.82, 2.24) is 10.2 Å². The smallest absolute Gasteiger partial charge is 0.262 e. The molecule has 5 heteroatoms. The van der Waals surface area contributed by atoms with Crippen LogP contribution in [0.5, 0.6) is 0 Å². The second kappa shape index (κ2) is 7.74. The monoisotopic (exact) mass is 364 g/mol. The number of amides is 3. The fraction of sp³-hybridized carbons (Fsp3) is 0.318. The van der Waals surface area contributed by atoms with Crippen LogP contribution in [0.4, 0.5) is 0 Å². The number of hydrogen-bond acceptors (Lipinski definition) is 3. The number of rotatable bonds is 6. The van der Waals surface area contributed by atoms with Gasteiger partial charge in [-0.2, -0.15) is 0 Å². The molecule has 1 heterocycles. The average molecular weight is 364 g/mol. The number of carbonyl (C=O) groups is 3. The Balaban J connectivity index is 1.72. The molecule has 0 saturated heterocycles. The summed E-state index contributed by atoms with van der Waals surface area (Å²) in [4.78, 5) is 38.5. The zero-order chi connectivity index (χ0) is 19.6. The average Bonchev–Trinajstić information content (AvgIpc) is 2.91. The molecule has 1 aliphatic rings. The van der Waals surface area contributed by atoms with E-state index in [0.29, 0.717) is 11.1 Å². The molecule has 2 aromatic carbocycles. The minimum atomic E-state index is -0.417. The third-order valence-electron chi connectivity index (χ3n) is 4.91. The predicted octanol–water partition coefficient (Wildman–Crippen LogP) is 3.36. The molecule has 140 valence electrons. The Bertz CT molecular complexity index is 836. The third kappa shape index (κ3) is 3.77. The zero-order valence-corrected chi connectivity index (χ0v) is 15.9. The molecule has 0 aliphatic carbocycles. The molecular formula is C22H24N2O3. The van der Waals surface area contributed by atoms with Gasteiger partial charge in [-0.1, -0.05) is 57.2 Å². The van der Waals surface area contributed by atoms with Crippen LogP contribution in [0.25, 0.3) is 0 Å². The van der Waals surface area contributed by atoms with Gasteiger partial charge in [0.25, 0.3) is 11.8 Å². The molecule has 3 amide bonds. The van der Waals surface area contributed by atoms with Gasteiger partial charge in [-0.05, 0) is 35.6 Å². The van der Waals surface area contributed by atoms with Crippen LogP contribution >= 0.6 is 0 Å². The summed E-state index contributed by atoms with van der Waals surface area (Å²) in [7, 11) is 0. The van der Waals surface area contributed by atoms with Gasteiger partial charge in [0.2, 0.25) is 5.91 Å². The van der Waals surface area contributed by atoms with Gasteiger partial charge < -0.3 is 5.32 Å². The number of carbonyl (C=O) groups excluding carboxylic acids is 3. The number of fused-ring (bicyclic) bond motifs is 1. The van der Waals surface area contributed by atoms with E-state index in [0.717, 1.165) is 16.9 Å². The van der Waals surface area contributed by atoms with Gasteiger partial charge in [0.1, 0.15) is 6.54 Å². The van der Waals surface area contributed by atoms with Gasteiger partial charge in [-0.25, -0.2) is 0 Å². The molecule has 1 aliphatic heterocycles. The van der Waals surface area contributed by atoms with Crippen molar-refractivity contribution in [1.29, 1.82) is 0 Å². The van der Waals surface area contributed by atoms with Crippen LogP contribution in [-0.4, -0.2) is 29.2 Å². The molecule has 27 heavy (non-hydrogen) atoms. The van der Waals surface area contributed by atoms with Gasteiger partial charge in [0, 0.05) is 0 Å². The maximum Gasteiger partial charge on any atom is 0.262 e. The Kier molecular flexibility index (Phi) is 5.40. The lowest BCUT2D eigenvalue weighted by molar-refractivity contribution is -0.122. The lowest BCUT2D eigenvalue weighted by Gasteiger charge is -2.24. The Morgan fingerprint density at radius 3 is 2.00 bits per heavy atom. The maximum absolute atomic E-state index is 12.6. The van der Waals surface area contributed by atoms with Crippen molar-refractivity contribution in [3.63, 3.8) is 0 Å². The largest absolute Gasteiger partial charge is 0.347 e. The highest BCUT2D eigenvalue weighted by atomic mass is 16.2. The topological polar surface area (TPSA) is 66.5 Å². The van der Waals surface area contributed by atoms with Crippen LogP contribution in [-0.2, 0) is 11.2 Å². The van der Waals surface area contributed by atoms with Crippen molar-refractivity contribution in [2.24, 2.45) is 5.92 Å². The number of benzene rings is 2. The fourth-order valence-corrected chi connectivity index (χ4v) is 3.34. The minimum Gasteiger partial charge on any atom is -0.347 e. The first-order valence-corrected chi connectivity index (χ1v) is 9.25. The fourth-order valence-electron chi connectivity index (χ4n) is 3.34. The Morgan fingerprint density at radius 1 is 0.963 bits per heavy atom. The van der Waals surface area contributed by atoms with E-state index in [9.17, 15) is 14.4 Å². The molecule has 0 bridgehead atoms. The van der Waals surface area contributed by atoms with Crippen LogP contribution in [0.15, 0.2) is 48.5 Å². The molecule has 5 nitrogen and oxygen atoms in total. The van der Waals surface area contributed by atoms with Crippen molar-refractivity contribution < 1.29 is 14.4 Å². The van der Waals surface area contributed by atoms with Crippen molar-refractivity contribution in [2.75, 3.05) is 6.54 Å². The molecule has 0 fully saturated rings. The van der Waals surface area contributed by atoms with Crippen molar-refractivity contribution in [3.05, 3.63) is 70.8 Å². The predicted molar refractivity (Wildman–Crippen MR) is 103 cm³/mol. The first-order valence-electron chi connectivity index (χ1n) is 9.25. The summed E-state index contributed by atoms with van der Waals surface area (Å²) in [6.07, 6.45) is 0.957. The van der Waals surface area contributed by atoms with Crippen LogP contribution in [0, 0.1) is 5.92 Å². The highest BCUT2D eigenvalue weighted by Crippen LogP contribution is 2.24. The van der Waals surface area contributed by atoms with E-state index in [2.05, 4.69) is 24.4 Å². The van der Waals surface area contributed by atoms with E-state index in [1.54, 1.807) is 24.3 Å². The van der Waals surface area contributed by atoms with Crippen LogP contribution in [0.1, 0.15) is 58.7 Å². The van der Waals surface area contributed by atoms with E-state index >= 15 is 0 Å². The molecular weight excluding hydrogens is 340 g/mol. The van der Waals surface area contributed by atoms with Gasteiger partial charge in [-0.3, -0.25) is 19.3 Å². The lowest BCUT2D eigenvalue weighted by Crippen LogP contribution is -2.42. The summed E-state index contributed by atoms with van der Waals surface area (Å²) in [5.74, 6) is -1.01. The maximum atomic E-state index is 12.6. The summed E-state index contributed by atoms with van der Waals surface area (Å²) in [5.41, 5.74) is 2.95. The highest BCUT2D eigenvalue weighted by molar-refractivity contribution is 6.22. The van der Waals surface area contributed by atoms with Crippen molar-refractivity contribution in [2.45, 2.75) is 33.2 Å². The molecule has 0 radical (unpaired) electrons. The summed E-state index contributed by atoms with van der Waals surface area (Å²) in [6, 6.07) is 14.6. The molecule has 1 atom stereocenters. The molecule has 2 aromatic rings. The summed E-state index contributed by atoms with van der Waals surface area (Å²) < 4.78 is 0. The van der Waals surface area contributed by atoms with E-state index in [1.165, 1.54) is 5.56 Å². The number of nitrogens with one attached hydrogen (secondary N) is 1. The van der Waals surface area contributed by atoms with Crippen LogP contribution in [0.3, 0.4) is 0 Å². The zero-order valence-electron chi connectivity index (χ0n) is 15.9. The molecule has 0 saturated carbocycles. The van der Waals surface area contributed by atoms with Gasteiger partial charge >= 0.3 is 0 Å². The molecule has 0 spiro atoms. The first-order chi connectivity index (χ1) is 12.9. The van der Waals surface area contributed by atoms with E-state index in [-0.39, 0.29) is 24.4 Å². The van der Waals surface area contributed by atoms with E-state index in [4.69, 9.17) is 0 Å². The van der Waals surface area contributed by atoms with Crippen LogP contribution < -0.4 is 5.32 Å². The van der Waals surface area contributed by atoms with Gasteiger partial charge in [-0.15, -0.1) is 0 Å². The Hall–Kier alpha value is -2.95. The minimum absolute atomic E-state index is 0.170. The quantitative estimate of drug-likeness (QED) is 0.799. The lowest BCUT2D eigenvalue weighted by atomic mass is 9.95. The number of hydrogen-bond donors (Lipinski definition) is 1. The number of nitrogens with zero attached hydrogens (tertiary/aromatic N) is 1. The second-order valence-corrected chi connectivity index (χ2v) is 7.13. The molecule has 0 aromatic heterocycles. The summed E-state index contributed by atoms with van der Waals surface area (Å²) >= 11 is 0. The van der Waals surface area contributed by atoms with Crippen molar-refractivity contribution in [3.8, 4) is 0 Å². The van der Waals surface area contributed by atoms with E-state index < -0.39 is 11.8 Å². The van der Waals surface area contributed by atoms with E-state index in [1.807, 2.05) is 26.0 Å².